The SMILES string of the molecule is c1ccc(-c2nc(-c3ccc(-c4cccc5ccccc45)cc3)nc(-c3cccc4oc5ccccc5c34)n2)cc1. The van der Waals surface area contributed by atoms with Gasteiger partial charge < -0.3 is 4.42 Å². The highest BCUT2D eigenvalue weighted by molar-refractivity contribution is 6.11. The van der Waals surface area contributed by atoms with Crippen molar-refractivity contribution in [2.75, 3.05) is 0 Å². The van der Waals surface area contributed by atoms with E-state index in [1.807, 2.05) is 60.7 Å². The largest absolute Gasteiger partial charge is 0.456 e. The first-order valence-electron chi connectivity index (χ1n) is 13.6. The minimum atomic E-state index is 0.615. The van der Waals surface area contributed by atoms with Gasteiger partial charge in [0.15, 0.2) is 17.5 Å². The molecule has 6 aromatic carbocycles. The van der Waals surface area contributed by atoms with Gasteiger partial charge in [-0.1, -0.05) is 127 Å². The Kier molecular flexibility index (Phi) is 5.42. The predicted octanol–water partition coefficient (Wildman–Crippen LogP) is 9.59. The molecule has 0 amide bonds. The zero-order valence-corrected chi connectivity index (χ0v) is 22.0. The summed E-state index contributed by atoms with van der Waals surface area (Å²) in [5.41, 5.74) is 6.80. The second kappa shape index (κ2) is 9.54. The van der Waals surface area contributed by atoms with Gasteiger partial charge in [-0.15, -0.1) is 0 Å². The fourth-order valence-corrected chi connectivity index (χ4v) is 5.58. The van der Waals surface area contributed by atoms with Gasteiger partial charge in [-0.25, -0.2) is 15.0 Å². The fourth-order valence-electron chi connectivity index (χ4n) is 5.58. The molecule has 0 radical (unpaired) electrons. The van der Waals surface area contributed by atoms with E-state index in [1.165, 1.54) is 16.3 Å². The lowest BCUT2D eigenvalue weighted by atomic mass is 9.97. The second-order valence-corrected chi connectivity index (χ2v) is 10.1. The number of rotatable bonds is 4. The van der Waals surface area contributed by atoms with Gasteiger partial charge in [-0.3, -0.25) is 0 Å². The average molecular weight is 526 g/mol. The molecule has 0 spiro atoms. The fraction of sp³-hybridized carbons (Fsp3) is 0. The lowest BCUT2D eigenvalue weighted by Crippen LogP contribution is -2.00. The molecule has 2 aromatic heterocycles. The highest BCUT2D eigenvalue weighted by atomic mass is 16.3. The van der Waals surface area contributed by atoms with E-state index in [1.54, 1.807) is 0 Å². The zero-order chi connectivity index (χ0) is 27.2. The van der Waals surface area contributed by atoms with E-state index in [9.17, 15) is 0 Å². The van der Waals surface area contributed by atoms with Crippen LogP contribution in [0, 0.1) is 0 Å². The molecule has 8 aromatic rings. The molecule has 0 saturated heterocycles. The van der Waals surface area contributed by atoms with E-state index in [4.69, 9.17) is 19.4 Å². The van der Waals surface area contributed by atoms with Crippen molar-refractivity contribution < 1.29 is 4.42 Å². The van der Waals surface area contributed by atoms with Crippen LogP contribution in [0.15, 0.2) is 144 Å². The number of fused-ring (bicyclic) bond motifs is 4. The average Bonchev–Trinajstić information content (AvgIpc) is 3.44. The molecular formula is C37H23N3O. The van der Waals surface area contributed by atoms with E-state index in [0.717, 1.165) is 44.2 Å². The molecule has 0 unspecified atom stereocenters. The van der Waals surface area contributed by atoms with E-state index >= 15 is 0 Å². The number of aromatic nitrogens is 3. The van der Waals surface area contributed by atoms with Crippen molar-refractivity contribution in [2.45, 2.75) is 0 Å². The first kappa shape index (κ1) is 23.3. The molecule has 0 fully saturated rings. The zero-order valence-electron chi connectivity index (χ0n) is 22.0. The summed E-state index contributed by atoms with van der Waals surface area (Å²) in [6.07, 6.45) is 0. The van der Waals surface area contributed by atoms with Gasteiger partial charge in [-0.2, -0.15) is 0 Å². The summed E-state index contributed by atoms with van der Waals surface area (Å²) in [6, 6.07) is 47.6. The summed E-state index contributed by atoms with van der Waals surface area (Å²) in [6.45, 7) is 0. The first-order chi connectivity index (χ1) is 20.3. The number of furan rings is 1. The third-order valence-corrected chi connectivity index (χ3v) is 7.55. The normalized spacial score (nSPS) is 11.4. The van der Waals surface area contributed by atoms with Gasteiger partial charge in [-0.05, 0) is 34.0 Å². The summed E-state index contributed by atoms with van der Waals surface area (Å²) in [7, 11) is 0. The Bertz CT molecular complexity index is 2190. The Labute approximate surface area is 236 Å². The van der Waals surface area contributed by atoms with E-state index < -0.39 is 0 Å². The number of hydrogen-bond acceptors (Lipinski definition) is 4. The molecule has 0 saturated carbocycles. The van der Waals surface area contributed by atoms with Gasteiger partial charge in [0.2, 0.25) is 0 Å². The number of hydrogen-bond donors (Lipinski definition) is 0. The molecular weight excluding hydrogens is 502 g/mol. The number of para-hydroxylation sites is 1. The third kappa shape index (κ3) is 4.05. The van der Waals surface area contributed by atoms with Crippen LogP contribution >= 0.6 is 0 Å². The highest BCUT2D eigenvalue weighted by Crippen LogP contribution is 2.37. The van der Waals surface area contributed by atoms with Crippen molar-refractivity contribution in [3.63, 3.8) is 0 Å². The van der Waals surface area contributed by atoms with Gasteiger partial charge in [0.1, 0.15) is 11.2 Å². The highest BCUT2D eigenvalue weighted by Gasteiger charge is 2.17. The molecule has 0 aliphatic carbocycles. The standard InChI is InChI=1S/C37H23N3O/c1-2-11-26(12-3-1)35-38-36(27-22-20-25(21-23-27)29-16-8-13-24-10-4-5-14-28(24)29)40-37(39-35)31-17-9-19-33-34(31)30-15-6-7-18-32(30)41-33/h1-23H. The van der Waals surface area contributed by atoms with Crippen LogP contribution < -0.4 is 0 Å². The summed E-state index contributed by atoms with van der Waals surface area (Å²) < 4.78 is 6.16. The van der Waals surface area contributed by atoms with Crippen molar-refractivity contribution in [1.82, 2.24) is 15.0 Å². The van der Waals surface area contributed by atoms with Crippen molar-refractivity contribution >= 4 is 32.7 Å². The molecule has 192 valence electrons. The molecule has 0 aliphatic rings. The smallest absolute Gasteiger partial charge is 0.164 e. The summed E-state index contributed by atoms with van der Waals surface area (Å²) >= 11 is 0. The minimum Gasteiger partial charge on any atom is -0.456 e. The van der Waals surface area contributed by atoms with Crippen molar-refractivity contribution in [3.8, 4) is 45.3 Å². The molecule has 2 heterocycles. The number of benzene rings is 6. The molecule has 8 rings (SSSR count). The Morgan fingerprint density at radius 3 is 1.76 bits per heavy atom. The minimum absolute atomic E-state index is 0.615. The van der Waals surface area contributed by atoms with Crippen LogP contribution in [-0.4, -0.2) is 15.0 Å². The van der Waals surface area contributed by atoms with Crippen molar-refractivity contribution in [3.05, 3.63) is 140 Å². The van der Waals surface area contributed by atoms with E-state index in [2.05, 4.69) is 78.9 Å². The molecule has 41 heavy (non-hydrogen) atoms. The second-order valence-electron chi connectivity index (χ2n) is 10.1. The first-order valence-corrected chi connectivity index (χ1v) is 13.6. The summed E-state index contributed by atoms with van der Waals surface area (Å²) in [5, 5.41) is 4.51. The van der Waals surface area contributed by atoms with Crippen LogP contribution in [0.25, 0.3) is 78.0 Å². The van der Waals surface area contributed by atoms with Crippen LogP contribution in [0.4, 0.5) is 0 Å². The van der Waals surface area contributed by atoms with Crippen LogP contribution in [0.1, 0.15) is 0 Å². The third-order valence-electron chi connectivity index (χ3n) is 7.55. The Morgan fingerprint density at radius 2 is 0.927 bits per heavy atom. The monoisotopic (exact) mass is 525 g/mol. The predicted molar refractivity (Wildman–Crippen MR) is 166 cm³/mol. The van der Waals surface area contributed by atoms with Gasteiger partial charge in [0, 0.05) is 27.5 Å². The maximum absolute atomic E-state index is 6.16. The Morgan fingerprint density at radius 1 is 0.366 bits per heavy atom. The van der Waals surface area contributed by atoms with E-state index in [-0.39, 0.29) is 0 Å². The molecule has 4 nitrogen and oxygen atoms in total. The topological polar surface area (TPSA) is 51.8 Å². The van der Waals surface area contributed by atoms with Gasteiger partial charge in [0.05, 0.1) is 0 Å². The van der Waals surface area contributed by atoms with Gasteiger partial charge >= 0.3 is 0 Å². The van der Waals surface area contributed by atoms with Crippen LogP contribution in [0.2, 0.25) is 0 Å². The Hall–Kier alpha value is -5.61. The molecule has 4 heteroatoms. The lowest BCUT2D eigenvalue weighted by molar-refractivity contribution is 0.669. The van der Waals surface area contributed by atoms with Crippen LogP contribution in [0.5, 0.6) is 0 Å². The maximum Gasteiger partial charge on any atom is 0.164 e. The Balaban J connectivity index is 1.30. The molecule has 0 N–H and O–H groups in total. The van der Waals surface area contributed by atoms with Crippen molar-refractivity contribution in [2.24, 2.45) is 0 Å². The summed E-state index contributed by atoms with van der Waals surface area (Å²) in [4.78, 5) is 14.9. The van der Waals surface area contributed by atoms with Gasteiger partial charge in [0.25, 0.3) is 0 Å². The molecule has 0 bridgehead atoms. The number of nitrogens with zero attached hydrogens (tertiary/aromatic N) is 3. The van der Waals surface area contributed by atoms with E-state index in [0.29, 0.717) is 17.5 Å². The lowest BCUT2D eigenvalue weighted by Gasteiger charge is -2.10. The molecule has 0 atom stereocenters. The molecule has 0 aliphatic heterocycles. The summed E-state index contributed by atoms with van der Waals surface area (Å²) in [5.74, 6) is 1.88. The maximum atomic E-state index is 6.16. The van der Waals surface area contributed by atoms with Crippen LogP contribution in [-0.2, 0) is 0 Å². The quantitative estimate of drug-likeness (QED) is 0.230. The van der Waals surface area contributed by atoms with Crippen molar-refractivity contribution in [1.29, 1.82) is 0 Å². The van der Waals surface area contributed by atoms with Crippen LogP contribution in [0.3, 0.4) is 0 Å².